The Morgan fingerprint density at radius 3 is 2.90 bits per heavy atom. The molecule has 1 fully saturated rings. The molecule has 9 heteroatoms. The molecule has 1 aromatic carbocycles. The first kappa shape index (κ1) is 19.9. The summed E-state index contributed by atoms with van der Waals surface area (Å²) in [7, 11) is -3.66. The summed E-state index contributed by atoms with van der Waals surface area (Å²) >= 11 is 0. The van der Waals surface area contributed by atoms with Crippen LogP contribution < -0.4 is 10.1 Å². The van der Waals surface area contributed by atoms with Crippen LogP contribution in [0, 0.1) is 0 Å². The molecular weight excluding hydrogens is 392 g/mol. The molecular formula is C20H26N4O4S. The SMILES string of the molecule is CCn1cc(S(=O)(=O)N2CCOc3ccc(CCC(=O)NC4CC4)cc3C2)cn1. The van der Waals surface area contributed by atoms with Gasteiger partial charge in [0.1, 0.15) is 17.3 Å². The van der Waals surface area contributed by atoms with Crippen molar-refractivity contribution in [3.05, 3.63) is 41.7 Å². The van der Waals surface area contributed by atoms with E-state index in [1.807, 2.05) is 25.1 Å². The van der Waals surface area contributed by atoms with Gasteiger partial charge < -0.3 is 10.1 Å². The zero-order valence-electron chi connectivity index (χ0n) is 16.5. The summed E-state index contributed by atoms with van der Waals surface area (Å²) < 4.78 is 34.9. The molecule has 29 heavy (non-hydrogen) atoms. The van der Waals surface area contributed by atoms with Gasteiger partial charge in [-0.1, -0.05) is 12.1 Å². The molecule has 0 bridgehead atoms. The lowest BCUT2D eigenvalue weighted by Gasteiger charge is -2.18. The Morgan fingerprint density at radius 1 is 1.34 bits per heavy atom. The van der Waals surface area contributed by atoms with Crippen molar-refractivity contribution in [3.8, 4) is 5.75 Å². The maximum atomic E-state index is 13.1. The molecule has 0 atom stereocenters. The molecule has 0 saturated heterocycles. The highest BCUT2D eigenvalue weighted by Crippen LogP contribution is 2.28. The number of aryl methyl sites for hydroxylation is 2. The first-order chi connectivity index (χ1) is 14.0. The molecule has 1 amide bonds. The van der Waals surface area contributed by atoms with Crippen molar-refractivity contribution >= 4 is 15.9 Å². The highest BCUT2D eigenvalue weighted by molar-refractivity contribution is 7.89. The number of benzene rings is 1. The highest BCUT2D eigenvalue weighted by Gasteiger charge is 2.29. The van der Waals surface area contributed by atoms with E-state index in [1.54, 1.807) is 10.9 Å². The average molecular weight is 419 g/mol. The zero-order chi connectivity index (χ0) is 20.4. The molecule has 1 aliphatic heterocycles. The number of nitrogens with zero attached hydrogens (tertiary/aromatic N) is 3. The average Bonchev–Trinajstić information content (AvgIpc) is 3.42. The van der Waals surface area contributed by atoms with Gasteiger partial charge in [0.05, 0.1) is 6.20 Å². The zero-order valence-corrected chi connectivity index (χ0v) is 17.3. The van der Waals surface area contributed by atoms with E-state index in [1.165, 1.54) is 10.5 Å². The van der Waals surface area contributed by atoms with Crippen LogP contribution in [0.5, 0.6) is 5.75 Å². The van der Waals surface area contributed by atoms with E-state index >= 15 is 0 Å². The van der Waals surface area contributed by atoms with E-state index in [0.717, 1.165) is 24.0 Å². The molecule has 2 heterocycles. The third kappa shape index (κ3) is 4.62. The lowest BCUT2D eigenvalue weighted by atomic mass is 10.1. The third-order valence-corrected chi connectivity index (χ3v) is 7.02. The van der Waals surface area contributed by atoms with Crippen LogP contribution in [0.3, 0.4) is 0 Å². The van der Waals surface area contributed by atoms with Gasteiger partial charge in [-0.25, -0.2) is 8.42 Å². The highest BCUT2D eigenvalue weighted by atomic mass is 32.2. The Morgan fingerprint density at radius 2 is 2.17 bits per heavy atom. The number of carbonyl (C=O) groups is 1. The van der Waals surface area contributed by atoms with E-state index in [9.17, 15) is 13.2 Å². The predicted molar refractivity (Wildman–Crippen MR) is 107 cm³/mol. The molecule has 1 aliphatic carbocycles. The molecule has 0 spiro atoms. The molecule has 8 nitrogen and oxygen atoms in total. The van der Waals surface area contributed by atoms with Gasteiger partial charge in [-0.05, 0) is 37.8 Å². The number of carbonyl (C=O) groups excluding carboxylic acids is 1. The second-order valence-electron chi connectivity index (χ2n) is 7.50. The minimum absolute atomic E-state index is 0.0656. The summed E-state index contributed by atoms with van der Waals surface area (Å²) in [5.74, 6) is 0.758. The van der Waals surface area contributed by atoms with Gasteiger partial charge in [-0.2, -0.15) is 9.40 Å². The van der Waals surface area contributed by atoms with Crippen LogP contribution in [-0.4, -0.2) is 47.6 Å². The molecule has 0 radical (unpaired) electrons. The van der Waals surface area contributed by atoms with E-state index in [0.29, 0.717) is 31.2 Å². The number of rotatable bonds is 7. The predicted octanol–water partition coefficient (Wildman–Crippen LogP) is 1.70. The number of hydrogen-bond donors (Lipinski definition) is 1. The number of nitrogens with one attached hydrogen (secondary N) is 1. The lowest BCUT2D eigenvalue weighted by Crippen LogP contribution is -2.32. The number of amides is 1. The Balaban J connectivity index is 1.48. The second kappa shape index (κ2) is 8.16. The number of aromatic nitrogens is 2. The summed E-state index contributed by atoms with van der Waals surface area (Å²) in [5, 5.41) is 7.07. The minimum Gasteiger partial charge on any atom is -0.492 e. The summed E-state index contributed by atoms with van der Waals surface area (Å²) in [6.45, 7) is 3.31. The first-order valence-corrected chi connectivity index (χ1v) is 11.5. The number of fused-ring (bicyclic) bond motifs is 1. The molecule has 2 aromatic rings. The summed E-state index contributed by atoms with van der Waals surface area (Å²) in [5.41, 5.74) is 1.81. The van der Waals surface area contributed by atoms with Crippen LogP contribution >= 0.6 is 0 Å². The fraction of sp³-hybridized carbons (Fsp3) is 0.500. The Kier molecular flexibility index (Phi) is 5.60. The normalized spacial score (nSPS) is 17.3. The smallest absolute Gasteiger partial charge is 0.246 e. The van der Waals surface area contributed by atoms with Crippen LogP contribution in [0.4, 0.5) is 0 Å². The van der Waals surface area contributed by atoms with E-state index in [4.69, 9.17) is 4.74 Å². The summed E-state index contributed by atoms with van der Waals surface area (Å²) in [4.78, 5) is 12.1. The quantitative estimate of drug-likeness (QED) is 0.739. The standard InChI is InChI=1S/C20H26N4O4S/c1-2-23-14-18(12-21-23)29(26,27)24-9-10-28-19-7-3-15(11-16(19)13-24)4-8-20(25)22-17-5-6-17/h3,7,11-12,14,17H,2,4-6,8-10,13H2,1H3,(H,22,25). The molecule has 4 rings (SSSR count). The molecule has 1 saturated carbocycles. The fourth-order valence-corrected chi connectivity index (χ4v) is 4.73. The topological polar surface area (TPSA) is 93.5 Å². The van der Waals surface area contributed by atoms with Crippen molar-refractivity contribution in [3.63, 3.8) is 0 Å². The van der Waals surface area contributed by atoms with Gasteiger partial charge in [0.2, 0.25) is 15.9 Å². The Hall–Kier alpha value is -2.39. The van der Waals surface area contributed by atoms with Gasteiger partial charge in [0.15, 0.2) is 0 Å². The number of sulfonamides is 1. The summed E-state index contributed by atoms with van der Waals surface area (Å²) in [6.07, 6.45) is 6.13. The van der Waals surface area contributed by atoms with Crippen molar-refractivity contribution in [1.82, 2.24) is 19.4 Å². The van der Waals surface area contributed by atoms with Crippen molar-refractivity contribution in [1.29, 1.82) is 0 Å². The molecule has 1 N–H and O–H groups in total. The maximum absolute atomic E-state index is 13.1. The minimum atomic E-state index is -3.66. The second-order valence-corrected chi connectivity index (χ2v) is 9.44. The van der Waals surface area contributed by atoms with Gasteiger partial charge >= 0.3 is 0 Å². The van der Waals surface area contributed by atoms with Gasteiger partial charge in [-0.15, -0.1) is 0 Å². The van der Waals surface area contributed by atoms with Crippen LogP contribution in [0.25, 0.3) is 0 Å². The Labute approximate surface area is 170 Å². The van der Waals surface area contributed by atoms with Gasteiger partial charge in [-0.3, -0.25) is 9.48 Å². The van der Waals surface area contributed by atoms with E-state index in [2.05, 4.69) is 10.4 Å². The third-order valence-electron chi connectivity index (χ3n) is 5.22. The van der Waals surface area contributed by atoms with Crippen LogP contribution in [0.1, 0.15) is 37.3 Å². The number of hydrogen-bond acceptors (Lipinski definition) is 5. The maximum Gasteiger partial charge on any atom is 0.246 e. The number of ether oxygens (including phenoxy) is 1. The molecule has 1 aromatic heterocycles. The van der Waals surface area contributed by atoms with Crippen molar-refractivity contribution in [2.24, 2.45) is 0 Å². The molecule has 2 aliphatic rings. The first-order valence-electron chi connectivity index (χ1n) is 10.0. The molecule has 156 valence electrons. The van der Waals surface area contributed by atoms with Crippen molar-refractivity contribution in [2.75, 3.05) is 13.2 Å². The van der Waals surface area contributed by atoms with E-state index in [-0.39, 0.29) is 30.5 Å². The summed E-state index contributed by atoms with van der Waals surface area (Å²) in [6, 6.07) is 6.12. The molecule has 0 unspecified atom stereocenters. The van der Waals surface area contributed by atoms with Crippen molar-refractivity contribution < 1.29 is 17.9 Å². The fourth-order valence-electron chi connectivity index (χ4n) is 3.37. The van der Waals surface area contributed by atoms with E-state index < -0.39 is 10.0 Å². The van der Waals surface area contributed by atoms with Crippen LogP contribution in [0.2, 0.25) is 0 Å². The lowest BCUT2D eigenvalue weighted by molar-refractivity contribution is -0.121. The largest absolute Gasteiger partial charge is 0.492 e. The Bertz CT molecular complexity index is 998. The van der Waals surface area contributed by atoms with Gasteiger partial charge in [0, 0.05) is 43.9 Å². The van der Waals surface area contributed by atoms with Crippen LogP contribution in [-0.2, 0) is 34.3 Å². The van der Waals surface area contributed by atoms with Crippen molar-refractivity contribution in [2.45, 2.75) is 56.6 Å². The van der Waals surface area contributed by atoms with Gasteiger partial charge in [0.25, 0.3) is 0 Å². The monoisotopic (exact) mass is 418 g/mol. The van der Waals surface area contributed by atoms with Crippen LogP contribution in [0.15, 0.2) is 35.5 Å².